The maximum atomic E-state index is 11.6. The van der Waals surface area contributed by atoms with Gasteiger partial charge in [-0.25, -0.2) is 4.79 Å². The van der Waals surface area contributed by atoms with Crippen LogP contribution >= 0.6 is 0 Å². The van der Waals surface area contributed by atoms with E-state index in [0.29, 0.717) is 12.4 Å². The quantitative estimate of drug-likeness (QED) is 0.600. The molecule has 2 rings (SSSR count). The lowest BCUT2D eigenvalue weighted by atomic mass is 10.2. The van der Waals surface area contributed by atoms with Crippen molar-refractivity contribution in [1.82, 2.24) is 0 Å². The van der Waals surface area contributed by atoms with Crippen LogP contribution in [0.2, 0.25) is 0 Å². The van der Waals surface area contributed by atoms with Crippen molar-refractivity contribution >= 4 is 5.97 Å². The molecule has 0 unspecified atom stereocenters. The average molecular weight is 232 g/mol. The molecule has 0 bridgehead atoms. The van der Waals surface area contributed by atoms with Gasteiger partial charge in [0.05, 0.1) is 12.9 Å². The molecule has 1 aromatic heterocycles. The van der Waals surface area contributed by atoms with Gasteiger partial charge in [0.1, 0.15) is 5.75 Å². The number of hydrogen-bond acceptors (Lipinski definition) is 4. The highest BCUT2D eigenvalue weighted by molar-refractivity contribution is 5.88. The predicted molar refractivity (Wildman–Crippen MR) is 60.8 cm³/mol. The van der Waals surface area contributed by atoms with E-state index in [2.05, 4.69) is 0 Å². The normalized spacial score (nSPS) is 10.2. The van der Waals surface area contributed by atoms with Gasteiger partial charge >= 0.3 is 5.97 Å². The third kappa shape index (κ3) is 2.95. The zero-order valence-corrected chi connectivity index (χ0v) is 9.38. The third-order valence-corrected chi connectivity index (χ3v) is 2.14. The number of esters is 1. The van der Waals surface area contributed by atoms with Crippen molar-refractivity contribution in [2.45, 2.75) is 6.61 Å². The van der Waals surface area contributed by atoms with Gasteiger partial charge in [-0.2, -0.15) is 0 Å². The Morgan fingerprint density at radius 1 is 1.29 bits per heavy atom. The summed E-state index contributed by atoms with van der Waals surface area (Å²) >= 11 is 0. The molecule has 88 valence electrons. The lowest BCUT2D eigenvalue weighted by Crippen LogP contribution is -2.07. The predicted octanol–water partition coefficient (Wildman–Crippen LogP) is 2.65. The van der Waals surface area contributed by atoms with Crippen LogP contribution in [-0.2, 0) is 11.3 Å². The number of ether oxygens (including phenoxy) is 2. The molecule has 0 aliphatic heterocycles. The van der Waals surface area contributed by atoms with Crippen molar-refractivity contribution in [2.24, 2.45) is 0 Å². The van der Waals surface area contributed by atoms with Crippen LogP contribution in [0.1, 0.15) is 16.1 Å². The minimum atomic E-state index is -0.510. The summed E-state index contributed by atoms with van der Waals surface area (Å²) in [5.74, 6) is 0.146. The summed E-state index contributed by atoms with van der Waals surface area (Å²) in [7, 11) is 1.61. The largest absolute Gasteiger partial charge is 0.457 e. The van der Waals surface area contributed by atoms with Crippen LogP contribution in [0, 0.1) is 0 Å². The molecule has 0 aliphatic rings. The van der Waals surface area contributed by atoms with E-state index in [9.17, 15) is 4.79 Å². The van der Waals surface area contributed by atoms with Crippen LogP contribution in [0.25, 0.3) is 0 Å². The molecule has 0 saturated heterocycles. The van der Waals surface area contributed by atoms with Crippen LogP contribution in [0.5, 0.6) is 5.75 Å². The van der Waals surface area contributed by atoms with Gasteiger partial charge in [-0.15, -0.1) is 0 Å². The van der Waals surface area contributed by atoms with Crippen LogP contribution in [0.3, 0.4) is 0 Å². The number of rotatable bonds is 4. The SMILES string of the molecule is COCc1cccc(OC(=O)c2ccco2)c1. The Hall–Kier alpha value is -2.07. The second-order valence-electron chi connectivity index (χ2n) is 3.45. The minimum absolute atomic E-state index is 0.183. The summed E-state index contributed by atoms with van der Waals surface area (Å²) < 4.78 is 15.1. The highest BCUT2D eigenvalue weighted by Gasteiger charge is 2.11. The highest BCUT2D eigenvalue weighted by atomic mass is 16.5. The number of hydrogen-bond donors (Lipinski definition) is 0. The molecule has 0 saturated carbocycles. The number of carbonyl (C=O) groups is 1. The molecule has 0 fully saturated rings. The van der Waals surface area contributed by atoms with Crippen molar-refractivity contribution in [3.63, 3.8) is 0 Å². The van der Waals surface area contributed by atoms with Crippen LogP contribution < -0.4 is 4.74 Å². The van der Waals surface area contributed by atoms with Crippen molar-refractivity contribution in [3.8, 4) is 5.75 Å². The van der Waals surface area contributed by atoms with E-state index in [0.717, 1.165) is 5.56 Å². The zero-order chi connectivity index (χ0) is 12.1. The maximum Gasteiger partial charge on any atom is 0.379 e. The van der Waals surface area contributed by atoms with Crippen molar-refractivity contribution in [1.29, 1.82) is 0 Å². The molecule has 17 heavy (non-hydrogen) atoms. The standard InChI is InChI=1S/C13H12O4/c1-15-9-10-4-2-5-11(8-10)17-13(14)12-6-3-7-16-12/h2-8H,9H2,1H3. The van der Waals surface area contributed by atoms with Gasteiger partial charge in [-0.1, -0.05) is 12.1 Å². The summed E-state index contributed by atoms with van der Waals surface area (Å²) in [5, 5.41) is 0. The van der Waals surface area contributed by atoms with Crippen molar-refractivity contribution < 1.29 is 18.7 Å². The Morgan fingerprint density at radius 3 is 2.88 bits per heavy atom. The first kappa shape index (κ1) is 11.4. The topological polar surface area (TPSA) is 48.7 Å². The first-order valence-corrected chi connectivity index (χ1v) is 5.13. The van der Waals surface area contributed by atoms with E-state index in [1.165, 1.54) is 6.26 Å². The van der Waals surface area contributed by atoms with E-state index in [-0.39, 0.29) is 5.76 Å². The molecule has 0 spiro atoms. The molecule has 0 atom stereocenters. The van der Waals surface area contributed by atoms with Gasteiger partial charge in [-0.05, 0) is 29.8 Å². The molecule has 2 aromatic rings. The molecular weight excluding hydrogens is 220 g/mol. The zero-order valence-electron chi connectivity index (χ0n) is 9.38. The van der Waals surface area contributed by atoms with E-state index in [4.69, 9.17) is 13.9 Å². The molecule has 0 aliphatic carbocycles. The van der Waals surface area contributed by atoms with Gasteiger partial charge in [0.25, 0.3) is 0 Å². The second-order valence-corrected chi connectivity index (χ2v) is 3.45. The Bertz CT molecular complexity index is 488. The molecule has 1 aromatic carbocycles. The molecule has 1 heterocycles. The molecule has 0 radical (unpaired) electrons. The number of benzene rings is 1. The molecule has 4 heteroatoms. The minimum Gasteiger partial charge on any atom is -0.457 e. The van der Waals surface area contributed by atoms with Crippen LogP contribution in [-0.4, -0.2) is 13.1 Å². The number of methoxy groups -OCH3 is 1. The van der Waals surface area contributed by atoms with Gasteiger partial charge in [0.2, 0.25) is 5.76 Å². The van der Waals surface area contributed by atoms with Crippen LogP contribution in [0.4, 0.5) is 0 Å². The summed E-state index contributed by atoms with van der Waals surface area (Å²) in [6, 6.07) is 10.4. The van der Waals surface area contributed by atoms with E-state index >= 15 is 0 Å². The number of carbonyl (C=O) groups excluding carboxylic acids is 1. The van der Waals surface area contributed by atoms with Gasteiger partial charge in [0.15, 0.2) is 0 Å². The monoisotopic (exact) mass is 232 g/mol. The average Bonchev–Trinajstić information content (AvgIpc) is 2.83. The van der Waals surface area contributed by atoms with Crippen LogP contribution in [0.15, 0.2) is 47.1 Å². The summed E-state index contributed by atoms with van der Waals surface area (Å²) in [5.41, 5.74) is 0.942. The Morgan fingerprint density at radius 2 is 2.18 bits per heavy atom. The third-order valence-electron chi connectivity index (χ3n) is 2.14. The molecule has 0 N–H and O–H groups in total. The first-order chi connectivity index (χ1) is 8.29. The second kappa shape index (κ2) is 5.32. The van der Waals surface area contributed by atoms with E-state index < -0.39 is 5.97 Å². The van der Waals surface area contributed by atoms with E-state index in [1.807, 2.05) is 6.07 Å². The maximum absolute atomic E-state index is 11.6. The molecule has 4 nitrogen and oxygen atoms in total. The van der Waals surface area contributed by atoms with Gasteiger partial charge in [0, 0.05) is 7.11 Å². The fourth-order valence-corrected chi connectivity index (χ4v) is 1.42. The summed E-state index contributed by atoms with van der Waals surface area (Å²) in [6.07, 6.45) is 1.43. The van der Waals surface area contributed by atoms with E-state index in [1.54, 1.807) is 37.4 Å². The Labute approximate surface area is 98.8 Å². The number of furan rings is 1. The molecular formula is C13H12O4. The first-order valence-electron chi connectivity index (χ1n) is 5.13. The summed E-state index contributed by atoms with van der Waals surface area (Å²) in [4.78, 5) is 11.6. The fraction of sp³-hybridized carbons (Fsp3) is 0.154. The summed E-state index contributed by atoms with van der Waals surface area (Å²) in [6.45, 7) is 0.478. The van der Waals surface area contributed by atoms with Crippen molar-refractivity contribution in [2.75, 3.05) is 7.11 Å². The lowest BCUT2D eigenvalue weighted by Gasteiger charge is -2.04. The van der Waals surface area contributed by atoms with Gasteiger partial charge < -0.3 is 13.9 Å². The lowest BCUT2D eigenvalue weighted by molar-refractivity contribution is 0.0701. The highest BCUT2D eigenvalue weighted by Crippen LogP contribution is 2.15. The molecule has 0 amide bonds. The fourth-order valence-electron chi connectivity index (χ4n) is 1.42. The Balaban J connectivity index is 2.08. The Kier molecular flexibility index (Phi) is 3.57. The van der Waals surface area contributed by atoms with Crippen molar-refractivity contribution in [3.05, 3.63) is 54.0 Å². The smallest absolute Gasteiger partial charge is 0.379 e. The van der Waals surface area contributed by atoms with Gasteiger partial charge in [-0.3, -0.25) is 0 Å².